The first-order valence-corrected chi connectivity index (χ1v) is 10.8. The molecule has 2 amide bonds. The molecule has 3 rings (SSSR count). The van der Waals surface area contributed by atoms with Crippen LogP contribution in [0.25, 0.3) is 0 Å². The number of imide groups is 1. The lowest BCUT2D eigenvalue weighted by atomic mass is 10.1. The maximum absolute atomic E-state index is 12.3. The fourth-order valence-electron chi connectivity index (χ4n) is 3.46. The molecule has 0 atom stereocenters. The second-order valence-electron chi connectivity index (χ2n) is 7.13. The molecule has 0 bridgehead atoms. The van der Waals surface area contributed by atoms with Gasteiger partial charge in [0, 0.05) is 23.1 Å². The summed E-state index contributed by atoms with van der Waals surface area (Å²) in [6.45, 7) is 2.24. The summed E-state index contributed by atoms with van der Waals surface area (Å²) in [5.41, 5.74) is 1.87. The van der Waals surface area contributed by atoms with E-state index in [9.17, 15) is 19.7 Å². The van der Waals surface area contributed by atoms with Crippen molar-refractivity contribution in [3.63, 3.8) is 0 Å². The van der Waals surface area contributed by atoms with Crippen molar-refractivity contribution in [2.45, 2.75) is 43.9 Å². The standard InChI is InChI=1S/C22H24N2O4S/c1-16-15-17(11-12-20(16)24(27)28)29-14-8-4-2-3-7-13-23-21(25)18-9-5-6-10-19(18)22(23)26/h5-6,9-12,15H,2-4,7-8,13-14H2,1H3. The fourth-order valence-corrected chi connectivity index (χ4v) is 4.47. The van der Waals surface area contributed by atoms with Crippen molar-refractivity contribution < 1.29 is 14.5 Å². The van der Waals surface area contributed by atoms with E-state index in [1.54, 1.807) is 55.1 Å². The number of rotatable bonds is 10. The summed E-state index contributed by atoms with van der Waals surface area (Å²) in [5, 5.41) is 10.9. The van der Waals surface area contributed by atoms with Crippen molar-refractivity contribution in [3.8, 4) is 0 Å². The van der Waals surface area contributed by atoms with Gasteiger partial charge in [0.1, 0.15) is 0 Å². The highest BCUT2D eigenvalue weighted by Gasteiger charge is 2.34. The largest absolute Gasteiger partial charge is 0.274 e. The normalized spacial score (nSPS) is 13.1. The van der Waals surface area contributed by atoms with Crippen molar-refractivity contribution in [3.05, 3.63) is 69.3 Å². The molecule has 1 aliphatic heterocycles. The molecule has 7 heteroatoms. The van der Waals surface area contributed by atoms with Crippen LogP contribution in [0.5, 0.6) is 0 Å². The van der Waals surface area contributed by atoms with Crippen LogP contribution in [0.1, 0.15) is 58.4 Å². The van der Waals surface area contributed by atoms with Gasteiger partial charge in [-0.2, -0.15) is 0 Å². The Bertz CT molecular complexity index is 894. The number of amides is 2. The first-order chi connectivity index (χ1) is 14.0. The smallest absolute Gasteiger partial charge is 0.272 e. The lowest BCUT2D eigenvalue weighted by Gasteiger charge is -2.13. The van der Waals surface area contributed by atoms with Crippen LogP contribution in [-0.2, 0) is 0 Å². The van der Waals surface area contributed by atoms with Gasteiger partial charge < -0.3 is 0 Å². The molecule has 0 aromatic heterocycles. The van der Waals surface area contributed by atoms with Gasteiger partial charge in [0.15, 0.2) is 0 Å². The van der Waals surface area contributed by atoms with Gasteiger partial charge in [-0.15, -0.1) is 11.8 Å². The number of thioether (sulfide) groups is 1. The third-order valence-corrected chi connectivity index (χ3v) is 6.12. The molecule has 0 saturated heterocycles. The minimum Gasteiger partial charge on any atom is -0.274 e. The number of hydrogen-bond donors (Lipinski definition) is 0. The molecular formula is C22H24N2O4S. The van der Waals surface area contributed by atoms with Gasteiger partial charge in [0.2, 0.25) is 0 Å². The average Bonchev–Trinajstić information content (AvgIpc) is 2.94. The van der Waals surface area contributed by atoms with E-state index in [0.29, 0.717) is 23.2 Å². The van der Waals surface area contributed by atoms with Crippen molar-refractivity contribution >= 4 is 29.3 Å². The Kier molecular flexibility index (Phi) is 7.04. The van der Waals surface area contributed by atoms with E-state index >= 15 is 0 Å². The number of unbranched alkanes of at least 4 members (excludes halogenated alkanes) is 4. The zero-order valence-electron chi connectivity index (χ0n) is 16.4. The number of benzene rings is 2. The number of fused-ring (bicyclic) bond motifs is 1. The van der Waals surface area contributed by atoms with Crippen LogP contribution in [0.2, 0.25) is 0 Å². The molecule has 0 aliphatic carbocycles. The monoisotopic (exact) mass is 412 g/mol. The summed E-state index contributed by atoms with van der Waals surface area (Å²) in [7, 11) is 0. The summed E-state index contributed by atoms with van der Waals surface area (Å²) in [4.78, 5) is 37.5. The highest BCUT2D eigenvalue weighted by Crippen LogP contribution is 2.26. The van der Waals surface area contributed by atoms with Crippen LogP contribution in [0, 0.1) is 17.0 Å². The number of nitro groups is 1. The van der Waals surface area contributed by atoms with Crippen molar-refractivity contribution in [1.29, 1.82) is 0 Å². The number of carbonyl (C=O) groups is 2. The highest BCUT2D eigenvalue weighted by atomic mass is 32.2. The minimum absolute atomic E-state index is 0.160. The Morgan fingerprint density at radius 1 is 0.931 bits per heavy atom. The molecule has 2 aromatic carbocycles. The molecule has 0 N–H and O–H groups in total. The summed E-state index contributed by atoms with van der Waals surface area (Å²) in [6.07, 6.45) is 5.01. The molecule has 0 radical (unpaired) electrons. The summed E-state index contributed by atoms with van der Waals surface area (Å²) >= 11 is 1.71. The van der Waals surface area contributed by atoms with Crippen LogP contribution in [0.3, 0.4) is 0 Å². The van der Waals surface area contributed by atoms with E-state index in [0.717, 1.165) is 42.8 Å². The zero-order chi connectivity index (χ0) is 20.8. The Morgan fingerprint density at radius 3 is 2.17 bits per heavy atom. The van der Waals surface area contributed by atoms with Crippen LogP contribution < -0.4 is 0 Å². The number of aryl methyl sites for hydroxylation is 1. The maximum Gasteiger partial charge on any atom is 0.272 e. The van der Waals surface area contributed by atoms with E-state index in [-0.39, 0.29) is 22.4 Å². The zero-order valence-corrected chi connectivity index (χ0v) is 17.2. The predicted octanol–water partition coefficient (Wildman–Crippen LogP) is 5.24. The number of hydrogen-bond acceptors (Lipinski definition) is 5. The van der Waals surface area contributed by atoms with Gasteiger partial charge in [-0.3, -0.25) is 24.6 Å². The summed E-state index contributed by atoms with van der Waals surface area (Å²) in [6, 6.07) is 12.2. The van der Waals surface area contributed by atoms with Gasteiger partial charge in [-0.1, -0.05) is 31.4 Å². The molecule has 2 aromatic rings. The van der Waals surface area contributed by atoms with Crippen LogP contribution >= 0.6 is 11.8 Å². The molecule has 29 heavy (non-hydrogen) atoms. The van der Waals surface area contributed by atoms with Crippen molar-refractivity contribution in [2.75, 3.05) is 12.3 Å². The van der Waals surface area contributed by atoms with E-state index < -0.39 is 0 Å². The van der Waals surface area contributed by atoms with Gasteiger partial charge in [-0.05, 0) is 49.8 Å². The Balaban J connectivity index is 1.30. The predicted molar refractivity (Wildman–Crippen MR) is 113 cm³/mol. The Labute approximate surface area is 174 Å². The molecule has 0 spiro atoms. The van der Waals surface area contributed by atoms with E-state index in [4.69, 9.17) is 0 Å². The maximum atomic E-state index is 12.3. The molecule has 152 valence electrons. The van der Waals surface area contributed by atoms with E-state index in [2.05, 4.69) is 0 Å². The molecule has 0 saturated carbocycles. The average molecular weight is 413 g/mol. The van der Waals surface area contributed by atoms with Gasteiger partial charge in [0.25, 0.3) is 17.5 Å². The Hall–Kier alpha value is -2.67. The minimum atomic E-state index is -0.355. The van der Waals surface area contributed by atoms with Gasteiger partial charge in [0.05, 0.1) is 16.1 Å². The number of carbonyl (C=O) groups excluding carboxylic acids is 2. The van der Waals surface area contributed by atoms with Crippen molar-refractivity contribution in [2.24, 2.45) is 0 Å². The quantitative estimate of drug-likeness (QED) is 0.175. The molecule has 0 fully saturated rings. The molecule has 0 unspecified atom stereocenters. The second-order valence-corrected chi connectivity index (χ2v) is 8.30. The lowest BCUT2D eigenvalue weighted by Crippen LogP contribution is -2.30. The third-order valence-electron chi connectivity index (χ3n) is 5.04. The molecular weight excluding hydrogens is 388 g/mol. The second kappa shape index (κ2) is 9.69. The summed E-state index contributed by atoms with van der Waals surface area (Å²) < 4.78 is 0. The van der Waals surface area contributed by atoms with Gasteiger partial charge in [-0.25, -0.2) is 0 Å². The number of nitrogens with zero attached hydrogens (tertiary/aromatic N) is 2. The van der Waals surface area contributed by atoms with Crippen LogP contribution in [-0.4, -0.2) is 33.9 Å². The first-order valence-electron chi connectivity index (χ1n) is 9.82. The first kappa shape index (κ1) is 21.0. The third kappa shape index (κ3) is 5.03. The van der Waals surface area contributed by atoms with E-state index in [1.807, 2.05) is 6.07 Å². The summed E-state index contributed by atoms with van der Waals surface area (Å²) in [5.74, 6) is 0.608. The molecule has 1 heterocycles. The SMILES string of the molecule is Cc1cc(SCCCCCCCN2C(=O)c3ccccc3C2=O)ccc1[N+](=O)[O-]. The molecule has 6 nitrogen and oxygen atoms in total. The van der Waals surface area contributed by atoms with Crippen LogP contribution in [0.15, 0.2) is 47.4 Å². The van der Waals surface area contributed by atoms with Crippen LogP contribution in [0.4, 0.5) is 5.69 Å². The van der Waals surface area contributed by atoms with Gasteiger partial charge >= 0.3 is 0 Å². The Morgan fingerprint density at radius 2 is 1.55 bits per heavy atom. The fraction of sp³-hybridized carbons (Fsp3) is 0.364. The lowest BCUT2D eigenvalue weighted by molar-refractivity contribution is -0.385. The van der Waals surface area contributed by atoms with Crippen molar-refractivity contribution in [1.82, 2.24) is 4.90 Å². The topological polar surface area (TPSA) is 80.5 Å². The molecule has 1 aliphatic rings. The number of nitro benzene ring substituents is 1. The van der Waals surface area contributed by atoms with E-state index in [1.165, 1.54) is 4.90 Å². The highest BCUT2D eigenvalue weighted by molar-refractivity contribution is 7.99.